The average Bonchev–Trinajstić information content (AvgIpc) is 2.09. The van der Waals surface area contributed by atoms with Gasteiger partial charge in [-0.2, -0.15) is 0 Å². The van der Waals surface area contributed by atoms with E-state index in [1.54, 1.807) is 41.5 Å². The maximum Gasteiger partial charge on any atom is 0.412 e. The van der Waals surface area contributed by atoms with Gasteiger partial charge in [-0.15, -0.1) is 0 Å². The summed E-state index contributed by atoms with van der Waals surface area (Å²) in [5.41, 5.74) is -0.529. The van der Waals surface area contributed by atoms with Gasteiger partial charge in [-0.1, -0.05) is 6.08 Å². The van der Waals surface area contributed by atoms with Crippen molar-refractivity contribution in [3.8, 4) is 0 Å². The van der Waals surface area contributed by atoms with E-state index in [9.17, 15) is 9.59 Å². The van der Waals surface area contributed by atoms with Gasteiger partial charge in [0.2, 0.25) is 0 Å². The van der Waals surface area contributed by atoms with Crippen molar-refractivity contribution in [2.75, 3.05) is 0 Å². The van der Waals surface area contributed by atoms with Crippen LogP contribution < -0.4 is 5.32 Å². The lowest BCUT2D eigenvalue weighted by Crippen LogP contribution is -2.35. The van der Waals surface area contributed by atoms with E-state index < -0.39 is 17.7 Å². The van der Waals surface area contributed by atoms with Crippen LogP contribution in [0.1, 0.15) is 41.5 Å². The molecule has 0 aromatic carbocycles. The highest BCUT2D eigenvalue weighted by molar-refractivity contribution is 5.92. The third-order valence-electron chi connectivity index (χ3n) is 1.49. The topological polar surface area (TPSA) is 64.6 Å². The van der Waals surface area contributed by atoms with E-state index >= 15 is 0 Å². The number of hydrogen-bond acceptors (Lipinski definition) is 4. The van der Waals surface area contributed by atoms with Crippen LogP contribution in [0.4, 0.5) is 4.79 Å². The summed E-state index contributed by atoms with van der Waals surface area (Å²) in [4.78, 5) is 23.0. The van der Waals surface area contributed by atoms with Crippen molar-refractivity contribution in [1.82, 2.24) is 5.32 Å². The van der Waals surface area contributed by atoms with Crippen molar-refractivity contribution in [2.24, 2.45) is 0 Å². The molecular weight excluding hydrogens is 222 g/mol. The first-order chi connectivity index (χ1) is 7.65. The van der Waals surface area contributed by atoms with Gasteiger partial charge in [0.15, 0.2) is 0 Å². The third kappa shape index (κ3) is 7.38. The first kappa shape index (κ1) is 15.5. The molecule has 0 saturated heterocycles. The number of hydrogen-bond donors (Lipinski definition) is 1. The summed E-state index contributed by atoms with van der Waals surface area (Å²) in [5, 5.41) is 2.35. The van der Waals surface area contributed by atoms with Gasteiger partial charge >= 0.3 is 12.1 Å². The van der Waals surface area contributed by atoms with Crippen LogP contribution in [-0.2, 0) is 14.3 Å². The molecule has 0 spiro atoms. The summed E-state index contributed by atoms with van der Waals surface area (Å²) >= 11 is 0. The van der Waals surface area contributed by atoms with Gasteiger partial charge in [0.25, 0.3) is 0 Å². The molecule has 1 N–H and O–H groups in total. The van der Waals surface area contributed by atoms with Crippen molar-refractivity contribution in [1.29, 1.82) is 0 Å². The molecule has 0 aromatic heterocycles. The molecule has 0 aromatic rings. The quantitative estimate of drug-likeness (QED) is 0.610. The number of esters is 1. The number of carbonyl (C=O) groups excluding carboxylic acids is 2. The highest BCUT2D eigenvalue weighted by Crippen LogP contribution is 2.07. The summed E-state index contributed by atoms with van der Waals surface area (Å²) < 4.78 is 9.98. The Morgan fingerprint density at radius 1 is 1.24 bits per heavy atom. The van der Waals surface area contributed by atoms with E-state index in [1.165, 1.54) is 6.08 Å². The molecule has 0 bridgehead atoms. The van der Waals surface area contributed by atoms with E-state index in [1.807, 2.05) is 0 Å². The minimum atomic E-state index is -0.675. The highest BCUT2D eigenvalue weighted by Gasteiger charge is 2.20. The summed E-state index contributed by atoms with van der Waals surface area (Å²) in [5.74, 6) is -0.576. The monoisotopic (exact) mass is 243 g/mol. The van der Waals surface area contributed by atoms with Crippen LogP contribution in [0.5, 0.6) is 0 Å². The molecule has 0 unspecified atom stereocenters. The Morgan fingerprint density at radius 3 is 2.12 bits per heavy atom. The van der Waals surface area contributed by atoms with Crippen molar-refractivity contribution in [3.05, 3.63) is 11.8 Å². The molecule has 98 valence electrons. The van der Waals surface area contributed by atoms with Crippen LogP contribution >= 0.6 is 0 Å². The van der Waals surface area contributed by atoms with Gasteiger partial charge < -0.3 is 9.47 Å². The van der Waals surface area contributed by atoms with E-state index in [0.717, 1.165) is 0 Å². The molecule has 5 nitrogen and oxygen atoms in total. The molecule has 0 aliphatic heterocycles. The molecule has 17 heavy (non-hydrogen) atoms. The molecule has 0 saturated carbocycles. The fraction of sp³-hybridized carbons (Fsp3) is 0.667. The van der Waals surface area contributed by atoms with Crippen molar-refractivity contribution >= 4 is 12.1 Å². The van der Waals surface area contributed by atoms with Crippen molar-refractivity contribution in [3.63, 3.8) is 0 Å². The maximum absolute atomic E-state index is 11.5. The molecule has 0 fully saturated rings. The van der Waals surface area contributed by atoms with Gasteiger partial charge in [-0.3, -0.25) is 5.32 Å². The second kappa shape index (κ2) is 6.27. The summed E-state index contributed by atoms with van der Waals surface area (Å²) in [6, 6.07) is 0. The van der Waals surface area contributed by atoms with E-state index in [2.05, 4.69) is 5.32 Å². The second-order valence-corrected chi connectivity index (χ2v) is 4.78. The lowest BCUT2D eigenvalue weighted by Gasteiger charge is -2.20. The lowest BCUT2D eigenvalue weighted by molar-refractivity contribution is -0.143. The summed E-state index contributed by atoms with van der Waals surface area (Å²) in [6.45, 7) is 10.3. The van der Waals surface area contributed by atoms with Gasteiger partial charge in [0.1, 0.15) is 11.3 Å². The Bertz CT molecular complexity index is 313. The Morgan fingerprint density at radius 2 is 1.76 bits per heavy atom. The molecule has 0 atom stereocenters. The number of nitrogens with one attached hydrogen (secondary N) is 1. The van der Waals surface area contributed by atoms with E-state index in [4.69, 9.17) is 9.47 Å². The van der Waals surface area contributed by atoms with Crippen LogP contribution in [0.2, 0.25) is 0 Å². The first-order valence-electron chi connectivity index (χ1n) is 5.53. The number of carbonyl (C=O) groups is 2. The fourth-order valence-corrected chi connectivity index (χ4v) is 0.932. The first-order valence-corrected chi connectivity index (χ1v) is 5.53. The van der Waals surface area contributed by atoms with Gasteiger partial charge in [0, 0.05) is 0 Å². The van der Waals surface area contributed by atoms with E-state index in [-0.39, 0.29) is 11.8 Å². The number of rotatable bonds is 3. The van der Waals surface area contributed by atoms with Crippen LogP contribution in [0.25, 0.3) is 0 Å². The zero-order valence-corrected chi connectivity index (χ0v) is 11.3. The molecule has 0 aliphatic rings. The number of ether oxygens (including phenoxy) is 2. The third-order valence-corrected chi connectivity index (χ3v) is 1.49. The Kier molecular flexibility index (Phi) is 5.71. The smallest absolute Gasteiger partial charge is 0.412 e. The minimum Gasteiger partial charge on any atom is -0.458 e. The van der Waals surface area contributed by atoms with Crippen molar-refractivity contribution in [2.45, 2.75) is 53.2 Å². The zero-order chi connectivity index (χ0) is 13.6. The van der Waals surface area contributed by atoms with Crippen LogP contribution in [-0.4, -0.2) is 23.8 Å². The predicted octanol–water partition coefficient (Wildman–Crippen LogP) is 2.37. The molecule has 0 heterocycles. The molecular formula is C12H21NO4. The number of alkyl carbamates (subject to hydrolysis) is 1. The molecule has 0 rings (SSSR count). The maximum atomic E-state index is 11.5. The minimum absolute atomic E-state index is 0.0768. The Hall–Kier alpha value is -1.52. The second-order valence-electron chi connectivity index (χ2n) is 4.78. The van der Waals surface area contributed by atoms with Crippen molar-refractivity contribution < 1.29 is 19.1 Å². The van der Waals surface area contributed by atoms with Gasteiger partial charge in [0.05, 0.1) is 6.10 Å². The molecule has 1 amide bonds. The lowest BCUT2D eigenvalue weighted by atomic mass is 10.2. The number of amides is 1. The summed E-state index contributed by atoms with van der Waals surface area (Å²) in [6.07, 6.45) is 0.554. The number of allylic oxidation sites excluding steroid dienone is 1. The van der Waals surface area contributed by atoms with Gasteiger partial charge in [-0.25, -0.2) is 9.59 Å². The van der Waals surface area contributed by atoms with Crippen LogP contribution in [0.15, 0.2) is 11.8 Å². The molecule has 0 radical (unpaired) electrons. The standard InChI is InChI=1S/C12H21NO4/c1-7-9(10(14)16-8(2)3)13-11(15)17-12(4,5)6/h7-8H,1-6H3,(H,13,15)/b9-7-. The molecule has 5 heteroatoms. The predicted molar refractivity (Wildman–Crippen MR) is 64.4 cm³/mol. The van der Waals surface area contributed by atoms with Gasteiger partial charge in [-0.05, 0) is 41.5 Å². The normalized spacial score (nSPS) is 12.3. The SMILES string of the molecule is C/C=C(\NC(=O)OC(C)(C)C)C(=O)OC(C)C. The van der Waals surface area contributed by atoms with Crippen LogP contribution in [0.3, 0.4) is 0 Å². The zero-order valence-electron chi connectivity index (χ0n) is 11.3. The fourth-order valence-electron chi connectivity index (χ4n) is 0.932. The Balaban J connectivity index is 4.43. The van der Waals surface area contributed by atoms with E-state index in [0.29, 0.717) is 0 Å². The average molecular weight is 243 g/mol. The highest BCUT2D eigenvalue weighted by atomic mass is 16.6. The summed E-state index contributed by atoms with van der Waals surface area (Å²) in [7, 11) is 0. The largest absolute Gasteiger partial charge is 0.458 e. The van der Waals surface area contributed by atoms with Crippen LogP contribution in [0, 0.1) is 0 Å². The molecule has 0 aliphatic carbocycles. The Labute approximate surface area is 102 Å².